The number of nitrogens with one attached hydrogen (secondary N) is 1. The number of aromatic nitrogens is 2. The van der Waals surface area contributed by atoms with Crippen LogP contribution in [0.25, 0.3) is 10.9 Å². The van der Waals surface area contributed by atoms with Crippen molar-refractivity contribution in [3.63, 3.8) is 0 Å². The summed E-state index contributed by atoms with van der Waals surface area (Å²) in [7, 11) is 0. The van der Waals surface area contributed by atoms with Crippen LogP contribution in [0.2, 0.25) is 0 Å². The summed E-state index contributed by atoms with van der Waals surface area (Å²) >= 11 is 0. The number of aryl methyl sites for hydroxylation is 1. The molecule has 2 heterocycles. The summed E-state index contributed by atoms with van der Waals surface area (Å²) in [6.07, 6.45) is 5.92. The van der Waals surface area contributed by atoms with Gasteiger partial charge in [0, 0.05) is 6.42 Å². The van der Waals surface area contributed by atoms with Crippen molar-refractivity contribution in [1.29, 1.82) is 0 Å². The molecule has 0 radical (unpaired) electrons. The van der Waals surface area contributed by atoms with Gasteiger partial charge in [-0.25, -0.2) is 4.98 Å². The van der Waals surface area contributed by atoms with Crippen LogP contribution in [0.5, 0.6) is 0 Å². The fraction of sp³-hybridized carbons (Fsp3) is 0.250. The fourth-order valence-electron chi connectivity index (χ4n) is 2.74. The first-order valence-electron chi connectivity index (χ1n) is 6.85. The van der Waals surface area contributed by atoms with Gasteiger partial charge in [-0.15, -0.1) is 6.42 Å². The molecule has 0 spiro atoms. The summed E-state index contributed by atoms with van der Waals surface area (Å²) in [6.45, 7) is 1.65. The van der Waals surface area contributed by atoms with Crippen LogP contribution in [0.1, 0.15) is 30.3 Å². The first kappa shape index (κ1) is 14.0. The third-order valence-electron chi connectivity index (χ3n) is 3.78. The van der Waals surface area contributed by atoms with Crippen LogP contribution in [-0.4, -0.2) is 21.4 Å². The number of nitrogens with zero attached hydrogens (tertiary/aromatic N) is 2. The van der Waals surface area contributed by atoms with Crippen molar-refractivity contribution in [2.45, 2.75) is 25.8 Å². The molecule has 1 aromatic carbocycles. The Morgan fingerprint density at radius 1 is 1.36 bits per heavy atom. The van der Waals surface area contributed by atoms with Gasteiger partial charge < -0.3 is 0 Å². The van der Waals surface area contributed by atoms with Crippen molar-refractivity contribution < 1.29 is 9.59 Å². The maximum atomic E-state index is 12.7. The van der Waals surface area contributed by atoms with Gasteiger partial charge in [0.1, 0.15) is 11.9 Å². The Bertz CT molecular complexity index is 905. The van der Waals surface area contributed by atoms with Crippen molar-refractivity contribution in [2.75, 3.05) is 0 Å². The first-order valence-corrected chi connectivity index (χ1v) is 6.85. The summed E-state index contributed by atoms with van der Waals surface area (Å²) in [5, 5.41) is 2.62. The Morgan fingerprint density at radius 2 is 2.14 bits per heavy atom. The number of carbonyl (C=O) groups is 2. The molecule has 6 heteroatoms. The number of hydrogen-bond donors (Lipinski definition) is 1. The Morgan fingerprint density at radius 3 is 2.82 bits per heavy atom. The molecule has 1 atom stereocenters. The zero-order valence-corrected chi connectivity index (χ0v) is 11.9. The van der Waals surface area contributed by atoms with Crippen molar-refractivity contribution in [3.05, 3.63) is 39.9 Å². The minimum Gasteiger partial charge on any atom is -0.295 e. The molecule has 1 aliphatic heterocycles. The van der Waals surface area contributed by atoms with Gasteiger partial charge in [0.2, 0.25) is 11.8 Å². The van der Waals surface area contributed by atoms with Gasteiger partial charge in [0.15, 0.2) is 0 Å². The van der Waals surface area contributed by atoms with Gasteiger partial charge in [-0.05, 0) is 25.5 Å². The van der Waals surface area contributed by atoms with Crippen LogP contribution < -0.4 is 10.9 Å². The van der Waals surface area contributed by atoms with E-state index in [2.05, 4.69) is 16.2 Å². The third-order valence-corrected chi connectivity index (χ3v) is 3.78. The second-order valence-electron chi connectivity index (χ2n) is 5.15. The highest BCUT2D eigenvalue weighted by atomic mass is 16.2. The number of hydrogen-bond acceptors (Lipinski definition) is 4. The summed E-state index contributed by atoms with van der Waals surface area (Å²) in [6, 6.07) is 4.30. The molecule has 3 rings (SSSR count). The molecule has 1 aliphatic rings. The Hall–Kier alpha value is -2.94. The van der Waals surface area contributed by atoms with Crippen LogP contribution in [-0.2, 0) is 9.59 Å². The van der Waals surface area contributed by atoms with Gasteiger partial charge in [-0.2, -0.15) is 0 Å². The van der Waals surface area contributed by atoms with E-state index < -0.39 is 11.9 Å². The first-order chi connectivity index (χ1) is 10.5. The minimum atomic E-state index is -0.725. The zero-order valence-electron chi connectivity index (χ0n) is 11.9. The molecule has 110 valence electrons. The fourth-order valence-corrected chi connectivity index (χ4v) is 2.74. The number of piperidine rings is 1. The van der Waals surface area contributed by atoms with E-state index in [4.69, 9.17) is 6.42 Å². The third kappa shape index (κ3) is 2.07. The molecule has 2 aromatic rings. The number of terminal acetylenes is 1. The molecular formula is C16H13N3O3. The van der Waals surface area contributed by atoms with E-state index in [1.54, 1.807) is 25.1 Å². The molecule has 0 unspecified atom stereocenters. The van der Waals surface area contributed by atoms with Crippen LogP contribution in [0, 0.1) is 19.3 Å². The number of para-hydroxylation sites is 1. The van der Waals surface area contributed by atoms with Crippen LogP contribution in [0.3, 0.4) is 0 Å². The van der Waals surface area contributed by atoms with E-state index >= 15 is 0 Å². The Kier molecular flexibility index (Phi) is 3.26. The normalized spacial score (nSPS) is 18.1. The van der Waals surface area contributed by atoms with Crippen LogP contribution in [0.4, 0.5) is 0 Å². The van der Waals surface area contributed by atoms with E-state index in [9.17, 15) is 14.4 Å². The van der Waals surface area contributed by atoms with Gasteiger partial charge >= 0.3 is 0 Å². The van der Waals surface area contributed by atoms with E-state index in [0.29, 0.717) is 22.3 Å². The number of fused-ring (bicyclic) bond motifs is 1. The van der Waals surface area contributed by atoms with Gasteiger partial charge in [-0.1, -0.05) is 12.0 Å². The van der Waals surface area contributed by atoms with Crippen molar-refractivity contribution in [3.8, 4) is 12.3 Å². The molecule has 6 nitrogen and oxygen atoms in total. The SMILES string of the molecule is C#Cc1cccc2c(=O)n([C@@H]3CCC(=O)NC3=O)c(C)nc12. The maximum Gasteiger partial charge on any atom is 0.262 e. The lowest BCUT2D eigenvalue weighted by Crippen LogP contribution is -2.45. The molecule has 1 fully saturated rings. The molecule has 2 amide bonds. The summed E-state index contributed by atoms with van der Waals surface area (Å²) < 4.78 is 1.34. The number of rotatable bonds is 1. The minimum absolute atomic E-state index is 0.199. The van der Waals surface area contributed by atoms with Gasteiger partial charge in [0.25, 0.3) is 5.56 Å². The highest BCUT2D eigenvalue weighted by Crippen LogP contribution is 2.20. The largest absolute Gasteiger partial charge is 0.295 e. The van der Waals surface area contributed by atoms with E-state index in [1.165, 1.54) is 4.57 Å². The summed E-state index contributed by atoms with van der Waals surface area (Å²) in [4.78, 5) is 40.4. The number of carbonyl (C=O) groups excluding carboxylic acids is 2. The standard InChI is InChI=1S/C16H13N3O3/c1-3-10-5-4-6-11-14(10)17-9(2)19(16(11)22)12-7-8-13(20)18-15(12)21/h1,4-6,12H,7-8H2,2H3,(H,18,20,21)/t12-/m1/s1. The van der Waals surface area contributed by atoms with E-state index in [1.807, 2.05) is 0 Å². The average molecular weight is 295 g/mol. The van der Waals surface area contributed by atoms with Gasteiger partial charge in [0.05, 0.1) is 16.5 Å². The van der Waals surface area contributed by atoms with Crippen molar-refractivity contribution in [2.24, 2.45) is 0 Å². The van der Waals surface area contributed by atoms with E-state index in [0.717, 1.165) is 0 Å². The van der Waals surface area contributed by atoms with Crippen molar-refractivity contribution >= 4 is 22.7 Å². The number of imide groups is 1. The Balaban J connectivity index is 2.24. The molecule has 0 bridgehead atoms. The lowest BCUT2D eigenvalue weighted by atomic mass is 10.0. The molecular weight excluding hydrogens is 282 g/mol. The lowest BCUT2D eigenvalue weighted by Gasteiger charge is -2.24. The predicted octanol–water partition coefficient (Wildman–Crippen LogP) is 0.664. The highest BCUT2D eigenvalue weighted by molar-refractivity contribution is 5.99. The predicted molar refractivity (Wildman–Crippen MR) is 80.1 cm³/mol. The molecule has 1 saturated heterocycles. The smallest absolute Gasteiger partial charge is 0.262 e. The summed E-state index contributed by atoms with van der Waals surface area (Å²) in [5.41, 5.74) is 0.665. The van der Waals surface area contributed by atoms with Gasteiger partial charge in [-0.3, -0.25) is 24.3 Å². The average Bonchev–Trinajstić information content (AvgIpc) is 2.49. The van der Waals surface area contributed by atoms with Crippen LogP contribution in [0.15, 0.2) is 23.0 Å². The monoisotopic (exact) mass is 295 g/mol. The number of amides is 2. The molecule has 22 heavy (non-hydrogen) atoms. The zero-order chi connectivity index (χ0) is 15.9. The van der Waals surface area contributed by atoms with Crippen LogP contribution >= 0.6 is 0 Å². The van der Waals surface area contributed by atoms with E-state index in [-0.39, 0.29) is 24.3 Å². The second kappa shape index (κ2) is 5.11. The Labute approximate surface area is 126 Å². The van der Waals surface area contributed by atoms with Crippen molar-refractivity contribution in [1.82, 2.24) is 14.9 Å². The lowest BCUT2D eigenvalue weighted by molar-refractivity contribution is -0.135. The maximum absolute atomic E-state index is 12.7. The number of benzene rings is 1. The second-order valence-corrected chi connectivity index (χ2v) is 5.15. The molecule has 1 aromatic heterocycles. The summed E-state index contributed by atoms with van der Waals surface area (Å²) in [5.74, 6) is 2.10. The molecule has 0 saturated carbocycles. The topological polar surface area (TPSA) is 81.1 Å². The quantitative estimate of drug-likeness (QED) is 0.619. The molecule has 1 N–H and O–H groups in total. The molecule has 0 aliphatic carbocycles. The highest BCUT2D eigenvalue weighted by Gasteiger charge is 2.30.